The van der Waals surface area contributed by atoms with Crippen LogP contribution in [-0.4, -0.2) is 39.8 Å². The lowest BCUT2D eigenvalue weighted by Gasteiger charge is -2.23. The minimum Gasteiger partial charge on any atom is -0.493 e. The van der Waals surface area contributed by atoms with Crippen molar-refractivity contribution in [2.75, 3.05) is 34.0 Å². The molecule has 6 heteroatoms. The smallest absolute Gasteiger partial charge is 0.188 e. The summed E-state index contributed by atoms with van der Waals surface area (Å²) in [7, 11) is 3.22. The van der Waals surface area contributed by atoms with Gasteiger partial charge in [0.1, 0.15) is 0 Å². The van der Waals surface area contributed by atoms with E-state index in [4.69, 9.17) is 18.9 Å². The molecule has 0 aliphatic carbocycles. The van der Waals surface area contributed by atoms with E-state index in [1.165, 1.54) is 0 Å². The van der Waals surface area contributed by atoms with Gasteiger partial charge in [0.15, 0.2) is 28.8 Å². The summed E-state index contributed by atoms with van der Waals surface area (Å²) in [5.74, 6) is 2.41. The number of hydrogen-bond donors (Lipinski definition) is 1. The van der Waals surface area contributed by atoms with Gasteiger partial charge >= 0.3 is 0 Å². The Balaban J connectivity index is 1.95. The van der Waals surface area contributed by atoms with E-state index >= 15 is 0 Å². The number of rotatable bonds is 8. The maximum absolute atomic E-state index is 13.0. The molecule has 0 fully saturated rings. The summed E-state index contributed by atoms with van der Waals surface area (Å²) in [6.07, 6.45) is 2.47. The molecule has 154 valence electrons. The summed E-state index contributed by atoms with van der Waals surface area (Å²) >= 11 is 0. The van der Waals surface area contributed by atoms with Crippen molar-refractivity contribution < 1.29 is 23.7 Å². The van der Waals surface area contributed by atoms with Gasteiger partial charge in [-0.3, -0.25) is 4.79 Å². The highest BCUT2D eigenvalue weighted by molar-refractivity contribution is 6.09. The highest BCUT2D eigenvalue weighted by Crippen LogP contribution is 2.35. The largest absolute Gasteiger partial charge is 0.493 e. The summed E-state index contributed by atoms with van der Waals surface area (Å²) in [5.41, 5.74) is 3.36. The molecule has 0 amide bonds. The van der Waals surface area contributed by atoms with Crippen molar-refractivity contribution >= 4 is 11.5 Å². The summed E-state index contributed by atoms with van der Waals surface area (Å²) in [6.45, 7) is 5.58. The molecule has 0 unspecified atom stereocenters. The van der Waals surface area contributed by atoms with Gasteiger partial charge in [-0.05, 0) is 56.2 Å². The summed E-state index contributed by atoms with van der Waals surface area (Å²) in [6, 6.07) is 9.13. The Hall–Kier alpha value is -3.15. The molecule has 0 spiro atoms. The molecule has 2 aromatic carbocycles. The van der Waals surface area contributed by atoms with Crippen LogP contribution in [0.1, 0.15) is 35.3 Å². The molecule has 29 heavy (non-hydrogen) atoms. The van der Waals surface area contributed by atoms with Crippen molar-refractivity contribution in [1.82, 2.24) is 5.32 Å². The van der Waals surface area contributed by atoms with Gasteiger partial charge in [0.2, 0.25) is 0 Å². The van der Waals surface area contributed by atoms with E-state index in [0.29, 0.717) is 41.8 Å². The number of methoxy groups -OCH3 is 2. The summed E-state index contributed by atoms with van der Waals surface area (Å²) < 4.78 is 22.0. The summed E-state index contributed by atoms with van der Waals surface area (Å²) in [4.78, 5) is 13.0. The van der Waals surface area contributed by atoms with Crippen LogP contribution >= 0.6 is 0 Å². The molecule has 3 rings (SSSR count). The molecular formula is C23H27NO5. The zero-order chi connectivity index (χ0) is 20.8. The second kappa shape index (κ2) is 9.37. The lowest BCUT2D eigenvalue weighted by atomic mass is 9.95. The highest BCUT2D eigenvalue weighted by atomic mass is 16.5. The Morgan fingerprint density at radius 1 is 0.966 bits per heavy atom. The zero-order valence-electron chi connectivity index (χ0n) is 17.3. The van der Waals surface area contributed by atoms with Gasteiger partial charge in [-0.1, -0.05) is 0 Å². The van der Waals surface area contributed by atoms with Gasteiger partial charge in [0, 0.05) is 29.4 Å². The van der Waals surface area contributed by atoms with Crippen LogP contribution < -0.4 is 24.3 Å². The Kier molecular flexibility index (Phi) is 6.65. The van der Waals surface area contributed by atoms with Gasteiger partial charge < -0.3 is 24.3 Å². The molecule has 1 heterocycles. The van der Waals surface area contributed by atoms with Crippen molar-refractivity contribution in [3.05, 3.63) is 53.1 Å². The monoisotopic (exact) mass is 397 g/mol. The number of carbonyl (C=O) groups is 1. The number of allylic oxidation sites excluding steroid dienone is 1. The predicted octanol–water partition coefficient (Wildman–Crippen LogP) is 3.87. The molecule has 0 bridgehead atoms. The first-order valence-electron chi connectivity index (χ1n) is 9.76. The van der Waals surface area contributed by atoms with Gasteiger partial charge in [-0.25, -0.2) is 0 Å². The normalized spacial score (nSPS) is 14.0. The Morgan fingerprint density at radius 3 is 2.34 bits per heavy atom. The van der Waals surface area contributed by atoms with Crippen molar-refractivity contribution in [2.45, 2.75) is 20.3 Å². The average molecular weight is 397 g/mol. The van der Waals surface area contributed by atoms with E-state index in [2.05, 4.69) is 5.32 Å². The fraction of sp³-hybridized carbons (Fsp3) is 0.348. The quantitative estimate of drug-likeness (QED) is 0.539. The van der Waals surface area contributed by atoms with Crippen LogP contribution in [-0.2, 0) is 6.42 Å². The van der Waals surface area contributed by atoms with Crippen LogP contribution in [0, 0.1) is 0 Å². The second-order valence-electron chi connectivity index (χ2n) is 6.49. The number of benzene rings is 2. The topological polar surface area (TPSA) is 66.0 Å². The second-order valence-corrected chi connectivity index (χ2v) is 6.49. The molecule has 6 nitrogen and oxygen atoms in total. The number of carbonyl (C=O) groups excluding carboxylic acids is 1. The van der Waals surface area contributed by atoms with E-state index in [9.17, 15) is 4.79 Å². The number of ether oxygens (including phenoxy) is 4. The molecule has 0 radical (unpaired) electrons. The van der Waals surface area contributed by atoms with Gasteiger partial charge in [0.25, 0.3) is 0 Å². The van der Waals surface area contributed by atoms with Gasteiger partial charge in [-0.15, -0.1) is 0 Å². The molecule has 0 atom stereocenters. The first kappa shape index (κ1) is 20.6. The average Bonchev–Trinajstić information content (AvgIpc) is 2.74. The van der Waals surface area contributed by atoms with E-state index in [1.54, 1.807) is 38.5 Å². The minimum atomic E-state index is -0.112. The molecule has 2 aromatic rings. The van der Waals surface area contributed by atoms with E-state index in [-0.39, 0.29) is 5.78 Å². The summed E-state index contributed by atoms with van der Waals surface area (Å²) in [5, 5.41) is 3.32. The fourth-order valence-corrected chi connectivity index (χ4v) is 3.35. The minimum absolute atomic E-state index is 0.112. The number of fused-ring (bicyclic) bond motifs is 1. The van der Waals surface area contributed by atoms with E-state index in [0.717, 1.165) is 29.8 Å². The molecule has 0 aromatic heterocycles. The third kappa shape index (κ3) is 4.47. The Morgan fingerprint density at radius 2 is 1.66 bits per heavy atom. The van der Waals surface area contributed by atoms with Crippen LogP contribution in [0.2, 0.25) is 0 Å². The maximum Gasteiger partial charge on any atom is 0.188 e. The van der Waals surface area contributed by atoms with Crippen LogP contribution in [0.25, 0.3) is 5.70 Å². The fourth-order valence-electron chi connectivity index (χ4n) is 3.35. The van der Waals surface area contributed by atoms with Crippen molar-refractivity contribution in [1.29, 1.82) is 0 Å². The lowest BCUT2D eigenvalue weighted by molar-refractivity contribution is 0.104. The van der Waals surface area contributed by atoms with Gasteiger partial charge in [0.05, 0.1) is 27.4 Å². The van der Waals surface area contributed by atoms with Crippen LogP contribution in [0.3, 0.4) is 0 Å². The Labute approximate surface area is 171 Å². The van der Waals surface area contributed by atoms with Crippen molar-refractivity contribution in [3.63, 3.8) is 0 Å². The van der Waals surface area contributed by atoms with E-state index < -0.39 is 0 Å². The first-order valence-corrected chi connectivity index (χ1v) is 9.76. The Bertz CT molecular complexity index is 920. The zero-order valence-corrected chi connectivity index (χ0v) is 17.3. The lowest BCUT2D eigenvalue weighted by Crippen LogP contribution is -2.23. The van der Waals surface area contributed by atoms with Crippen LogP contribution in [0.5, 0.6) is 23.0 Å². The van der Waals surface area contributed by atoms with Gasteiger partial charge in [-0.2, -0.15) is 0 Å². The van der Waals surface area contributed by atoms with Crippen molar-refractivity contribution in [3.8, 4) is 23.0 Å². The number of nitrogens with one attached hydrogen (secondary N) is 1. The highest BCUT2D eigenvalue weighted by Gasteiger charge is 2.19. The van der Waals surface area contributed by atoms with Crippen LogP contribution in [0.15, 0.2) is 36.4 Å². The maximum atomic E-state index is 13.0. The molecule has 0 saturated heterocycles. The molecule has 1 aliphatic rings. The molecule has 1 aliphatic heterocycles. The third-order valence-electron chi connectivity index (χ3n) is 4.71. The first-order chi connectivity index (χ1) is 14.1. The van der Waals surface area contributed by atoms with Crippen molar-refractivity contribution in [2.24, 2.45) is 0 Å². The third-order valence-corrected chi connectivity index (χ3v) is 4.71. The number of ketones is 1. The SMILES string of the molecule is CCOc1ccc(C(=O)C=C2NCCc3cc(OC)c(OC)cc32)cc1OCC. The van der Waals surface area contributed by atoms with E-state index in [1.807, 2.05) is 26.0 Å². The predicted molar refractivity (Wildman–Crippen MR) is 112 cm³/mol. The molecule has 0 saturated carbocycles. The number of hydrogen-bond acceptors (Lipinski definition) is 6. The molecular weight excluding hydrogens is 370 g/mol. The standard InChI is InChI=1S/C23H27NO5/c1-5-28-20-8-7-16(12-23(20)29-6-2)19(25)14-18-17-13-22(27-4)21(26-3)11-15(17)9-10-24-18/h7-8,11-14,24H,5-6,9-10H2,1-4H3. The molecule has 1 N–H and O–H groups in total. The van der Waals surface area contributed by atoms with Crippen LogP contribution in [0.4, 0.5) is 0 Å².